The fraction of sp³-hybridized carbons (Fsp3) is 0.226. The summed E-state index contributed by atoms with van der Waals surface area (Å²) in [6.07, 6.45) is 0.885. The lowest BCUT2D eigenvalue weighted by Crippen LogP contribution is -2.23. The molecule has 1 fully saturated rings. The largest absolute Gasteiger partial charge is 0.373 e. The number of halogens is 4. The molecule has 6 rings (SSSR count). The summed E-state index contributed by atoms with van der Waals surface area (Å²) in [6, 6.07) is 14.9. The molecule has 0 spiro atoms. The van der Waals surface area contributed by atoms with Crippen molar-refractivity contribution in [3.8, 4) is 22.5 Å². The van der Waals surface area contributed by atoms with Crippen LogP contribution >= 0.6 is 0 Å². The summed E-state index contributed by atoms with van der Waals surface area (Å²) in [5.41, 5.74) is 4.12. The Hall–Kier alpha value is -4.64. The first-order chi connectivity index (χ1) is 20.4. The SMILES string of the molecule is O=C(Nc1cc(-c2[nH]c3c(C4CCCO4)cc(F)nc3c2-c2ccccn2)ccn1)C(CC(F)F)c1ccc(F)cc1. The highest BCUT2D eigenvalue weighted by atomic mass is 19.3. The molecule has 5 aromatic rings. The van der Waals surface area contributed by atoms with Crippen LogP contribution in [0.15, 0.2) is 73.1 Å². The average Bonchev–Trinajstić information content (AvgIpc) is 3.65. The van der Waals surface area contributed by atoms with Crippen LogP contribution in [-0.2, 0) is 9.53 Å². The number of ether oxygens (including phenoxy) is 1. The Morgan fingerprint density at radius 2 is 1.88 bits per heavy atom. The van der Waals surface area contributed by atoms with Crippen molar-refractivity contribution < 1.29 is 27.1 Å². The minimum atomic E-state index is -2.76. The van der Waals surface area contributed by atoms with Gasteiger partial charge in [0.1, 0.15) is 17.2 Å². The maximum Gasteiger partial charge on any atom is 0.239 e. The highest BCUT2D eigenvalue weighted by Crippen LogP contribution is 2.41. The maximum atomic E-state index is 14.9. The van der Waals surface area contributed by atoms with Gasteiger partial charge >= 0.3 is 0 Å². The number of nitrogens with zero attached hydrogens (tertiary/aromatic N) is 3. The van der Waals surface area contributed by atoms with Crippen LogP contribution in [0.2, 0.25) is 0 Å². The van der Waals surface area contributed by atoms with Crippen molar-refractivity contribution in [2.75, 3.05) is 11.9 Å². The van der Waals surface area contributed by atoms with Crippen molar-refractivity contribution in [2.24, 2.45) is 0 Å². The molecule has 11 heteroatoms. The first-order valence-corrected chi connectivity index (χ1v) is 13.4. The van der Waals surface area contributed by atoms with Gasteiger partial charge < -0.3 is 15.0 Å². The molecule has 1 aromatic carbocycles. The molecule has 0 saturated carbocycles. The van der Waals surface area contributed by atoms with E-state index in [2.05, 4.69) is 25.3 Å². The summed E-state index contributed by atoms with van der Waals surface area (Å²) in [5.74, 6) is -3.01. The van der Waals surface area contributed by atoms with Gasteiger partial charge in [-0.2, -0.15) is 4.39 Å². The van der Waals surface area contributed by atoms with E-state index in [9.17, 15) is 22.4 Å². The summed E-state index contributed by atoms with van der Waals surface area (Å²) in [4.78, 5) is 29.5. The Bertz CT molecular complexity index is 1720. The fourth-order valence-corrected chi connectivity index (χ4v) is 5.34. The summed E-state index contributed by atoms with van der Waals surface area (Å²) in [5, 5.41) is 2.63. The molecule has 1 amide bonds. The van der Waals surface area contributed by atoms with Crippen LogP contribution in [0.4, 0.5) is 23.4 Å². The van der Waals surface area contributed by atoms with Crippen LogP contribution in [0, 0.1) is 11.8 Å². The van der Waals surface area contributed by atoms with E-state index >= 15 is 0 Å². The molecule has 0 radical (unpaired) electrons. The second-order valence-electron chi connectivity index (χ2n) is 10.00. The van der Waals surface area contributed by atoms with Crippen molar-refractivity contribution in [2.45, 2.75) is 37.7 Å². The van der Waals surface area contributed by atoms with Crippen molar-refractivity contribution in [3.05, 3.63) is 95.9 Å². The second-order valence-corrected chi connectivity index (χ2v) is 10.00. The molecule has 214 valence electrons. The number of rotatable bonds is 8. The minimum absolute atomic E-state index is 0.114. The molecule has 7 nitrogen and oxygen atoms in total. The van der Waals surface area contributed by atoms with E-state index in [1.165, 1.54) is 24.4 Å². The van der Waals surface area contributed by atoms with Gasteiger partial charge in [0.15, 0.2) is 0 Å². The van der Waals surface area contributed by atoms with E-state index in [1.54, 1.807) is 30.5 Å². The Kier molecular flexibility index (Phi) is 7.66. The first-order valence-electron chi connectivity index (χ1n) is 13.4. The number of aromatic amines is 1. The molecule has 1 aliphatic heterocycles. The topological polar surface area (TPSA) is 92.8 Å². The summed E-state index contributed by atoms with van der Waals surface area (Å²) < 4.78 is 60.9. The number of alkyl halides is 2. The average molecular weight is 576 g/mol. The molecular weight excluding hydrogens is 550 g/mol. The molecule has 2 unspecified atom stereocenters. The number of amides is 1. The standard InChI is InChI=1S/C31H25F4N5O2/c32-19-8-6-17(7-9-19)20(15-24(33)34)31(41)39-26-14-18(10-12-37-26)28-27(22-4-1-2-11-36-22)30-29(40-28)21(16-25(35)38-30)23-5-3-13-42-23/h1-2,4,6-12,14,16,20,23-24,40H,3,5,13,15H2,(H,37,39,41). The van der Waals surface area contributed by atoms with E-state index in [0.717, 1.165) is 25.0 Å². The zero-order valence-corrected chi connectivity index (χ0v) is 22.2. The van der Waals surface area contributed by atoms with Crippen LogP contribution < -0.4 is 5.32 Å². The van der Waals surface area contributed by atoms with E-state index in [0.29, 0.717) is 45.7 Å². The number of fused-ring (bicyclic) bond motifs is 1. The van der Waals surface area contributed by atoms with Gasteiger partial charge in [-0.3, -0.25) is 9.78 Å². The molecule has 5 heterocycles. The highest BCUT2D eigenvalue weighted by Gasteiger charge is 2.28. The van der Waals surface area contributed by atoms with Gasteiger partial charge in [-0.05, 0) is 54.8 Å². The van der Waals surface area contributed by atoms with Gasteiger partial charge in [-0.25, -0.2) is 23.1 Å². The molecule has 4 aromatic heterocycles. The van der Waals surface area contributed by atoms with Gasteiger partial charge in [0.05, 0.1) is 34.5 Å². The lowest BCUT2D eigenvalue weighted by molar-refractivity contribution is -0.118. The predicted molar refractivity (Wildman–Crippen MR) is 149 cm³/mol. The van der Waals surface area contributed by atoms with Crippen LogP contribution in [0.3, 0.4) is 0 Å². The van der Waals surface area contributed by atoms with E-state index in [-0.39, 0.29) is 17.5 Å². The van der Waals surface area contributed by atoms with E-state index in [4.69, 9.17) is 4.74 Å². The van der Waals surface area contributed by atoms with Gasteiger partial charge in [0.2, 0.25) is 18.3 Å². The minimum Gasteiger partial charge on any atom is -0.373 e. The third kappa shape index (κ3) is 5.60. The lowest BCUT2D eigenvalue weighted by Gasteiger charge is -2.17. The zero-order chi connectivity index (χ0) is 29.2. The fourth-order valence-electron chi connectivity index (χ4n) is 5.34. The molecular formula is C31H25F4N5O2. The number of carbonyl (C=O) groups excluding carboxylic acids is 1. The summed E-state index contributed by atoms with van der Waals surface area (Å²) in [7, 11) is 0. The van der Waals surface area contributed by atoms with Crippen molar-refractivity contribution in [1.29, 1.82) is 0 Å². The van der Waals surface area contributed by atoms with Crippen LogP contribution in [0.25, 0.3) is 33.5 Å². The predicted octanol–water partition coefficient (Wildman–Crippen LogP) is 7.19. The summed E-state index contributed by atoms with van der Waals surface area (Å²) >= 11 is 0. The monoisotopic (exact) mass is 575 g/mol. The number of benzene rings is 1. The normalized spacial score (nSPS) is 15.8. The third-order valence-electron chi connectivity index (χ3n) is 7.26. The number of aromatic nitrogens is 4. The van der Waals surface area contributed by atoms with Gasteiger partial charge in [-0.1, -0.05) is 18.2 Å². The number of hydrogen-bond donors (Lipinski definition) is 2. The third-order valence-corrected chi connectivity index (χ3v) is 7.26. The van der Waals surface area contributed by atoms with Gasteiger partial charge in [0, 0.05) is 42.6 Å². The quantitative estimate of drug-likeness (QED) is 0.151. The Morgan fingerprint density at radius 3 is 2.60 bits per heavy atom. The maximum absolute atomic E-state index is 14.9. The second kappa shape index (κ2) is 11.7. The molecule has 1 saturated heterocycles. The van der Waals surface area contributed by atoms with E-state index in [1.807, 2.05) is 6.07 Å². The number of hydrogen-bond acceptors (Lipinski definition) is 5. The van der Waals surface area contributed by atoms with Crippen molar-refractivity contribution in [3.63, 3.8) is 0 Å². The summed E-state index contributed by atoms with van der Waals surface area (Å²) in [6.45, 7) is 0.578. The van der Waals surface area contributed by atoms with E-state index < -0.39 is 36.4 Å². The highest BCUT2D eigenvalue weighted by molar-refractivity contribution is 6.02. The molecule has 0 aliphatic carbocycles. The number of anilines is 1. The number of H-pyrrole nitrogens is 1. The number of carbonyl (C=O) groups is 1. The lowest BCUT2D eigenvalue weighted by atomic mass is 9.95. The molecule has 42 heavy (non-hydrogen) atoms. The smallest absolute Gasteiger partial charge is 0.239 e. The van der Waals surface area contributed by atoms with Crippen LogP contribution in [0.5, 0.6) is 0 Å². The molecule has 1 aliphatic rings. The molecule has 2 atom stereocenters. The van der Waals surface area contributed by atoms with Crippen molar-refractivity contribution >= 4 is 22.8 Å². The van der Waals surface area contributed by atoms with Gasteiger partial charge in [0.25, 0.3) is 0 Å². The Balaban J connectivity index is 1.41. The molecule has 0 bridgehead atoms. The Morgan fingerprint density at radius 1 is 1.05 bits per heavy atom. The first kappa shape index (κ1) is 27.5. The number of pyridine rings is 3. The van der Waals surface area contributed by atoms with Crippen molar-refractivity contribution in [1.82, 2.24) is 19.9 Å². The number of nitrogens with one attached hydrogen (secondary N) is 2. The van der Waals surface area contributed by atoms with Gasteiger partial charge in [-0.15, -0.1) is 0 Å². The van der Waals surface area contributed by atoms with Crippen LogP contribution in [0.1, 0.15) is 42.4 Å². The Labute approximate surface area is 238 Å². The molecule has 2 N–H and O–H groups in total. The van der Waals surface area contributed by atoms with Crippen LogP contribution in [-0.4, -0.2) is 38.9 Å². The zero-order valence-electron chi connectivity index (χ0n) is 22.2.